The lowest BCUT2D eigenvalue weighted by atomic mass is 10.1. The van der Waals surface area contributed by atoms with Crippen molar-refractivity contribution < 1.29 is 19.1 Å². The van der Waals surface area contributed by atoms with Crippen molar-refractivity contribution in [2.45, 2.75) is 13.5 Å². The van der Waals surface area contributed by atoms with Gasteiger partial charge in [0.1, 0.15) is 17.9 Å². The number of ether oxygens (including phenoxy) is 1. The number of fused-ring (bicyclic) bond motifs is 1. The number of hydrogen-bond donors (Lipinski definition) is 2. The molecule has 0 saturated heterocycles. The van der Waals surface area contributed by atoms with Crippen molar-refractivity contribution >= 4 is 63.6 Å². The molecule has 2 N–H and O–H groups in total. The Kier molecular flexibility index (Phi) is 10.00. The highest BCUT2D eigenvalue weighted by Gasteiger charge is 2.20. The van der Waals surface area contributed by atoms with Crippen LogP contribution in [0.5, 0.6) is 5.75 Å². The molecule has 0 radical (unpaired) electrons. The summed E-state index contributed by atoms with van der Waals surface area (Å²) in [4.78, 5) is 47.3. The standard InChI is InChI=1S/C34H30Cl2N6O4/c1-21-17-28(42-16-15-38-20-42)24-5-4-6-29(33(24)40-21)46-19-25-26(35)12-13-27(32(25)36)41(3)31(44)18-39-30(43)14-9-22-7-10-23(11-8-22)34(45)37-2/h4-17,20H,18-19H2,1-3H3,(H,37,45)(H,39,43). The molecule has 0 unspecified atom stereocenters. The monoisotopic (exact) mass is 656 g/mol. The van der Waals surface area contributed by atoms with Crippen LogP contribution in [0.3, 0.4) is 0 Å². The SMILES string of the molecule is CNC(=O)c1ccc(C=CC(=O)NCC(=O)N(C)c2ccc(Cl)c(COc3cccc4c(-n5ccnc5)cc(C)nc34)c2Cl)cc1. The Balaban J connectivity index is 1.25. The van der Waals surface area contributed by atoms with Crippen molar-refractivity contribution in [2.75, 3.05) is 25.5 Å². The molecule has 2 heterocycles. The number of para-hydroxylation sites is 1. The van der Waals surface area contributed by atoms with E-state index in [1.54, 1.807) is 69.1 Å². The van der Waals surface area contributed by atoms with Gasteiger partial charge in [0.15, 0.2) is 0 Å². The van der Waals surface area contributed by atoms with Crippen LogP contribution in [0.2, 0.25) is 10.0 Å². The van der Waals surface area contributed by atoms with E-state index in [-0.39, 0.29) is 24.1 Å². The molecule has 0 spiro atoms. The van der Waals surface area contributed by atoms with Gasteiger partial charge in [0, 0.05) is 59.8 Å². The quantitative estimate of drug-likeness (QED) is 0.184. The number of amides is 3. The third kappa shape index (κ3) is 7.20. The number of nitrogens with zero attached hydrogens (tertiary/aromatic N) is 4. The fourth-order valence-corrected chi connectivity index (χ4v) is 5.33. The number of benzene rings is 3. The van der Waals surface area contributed by atoms with E-state index >= 15 is 0 Å². The minimum atomic E-state index is -0.455. The van der Waals surface area contributed by atoms with Crippen LogP contribution in [0.4, 0.5) is 5.69 Å². The molecule has 2 aromatic heterocycles. The zero-order valence-corrected chi connectivity index (χ0v) is 26.8. The maximum atomic E-state index is 13.0. The fraction of sp³-hybridized carbons (Fsp3) is 0.147. The van der Waals surface area contributed by atoms with Crippen LogP contribution in [0, 0.1) is 6.92 Å². The van der Waals surface area contributed by atoms with Crippen molar-refractivity contribution in [3.8, 4) is 11.4 Å². The lowest BCUT2D eigenvalue weighted by Crippen LogP contribution is -2.37. The van der Waals surface area contributed by atoms with Crippen LogP contribution in [0.15, 0.2) is 85.5 Å². The number of hydrogen-bond acceptors (Lipinski definition) is 6. The number of carbonyl (C=O) groups excluding carboxylic acids is 3. The summed E-state index contributed by atoms with van der Waals surface area (Å²) in [6, 6.07) is 17.7. The van der Waals surface area contributed by atoms with Gasteiger partial charge in [0.05, 0.1) is 29.3 Å². The summed E-state index contributed by atoms with van der Waals surface area (Å²) in [5, 5.41) is 6.64. The largest absolute Gasteiger partial charge is 0.487 e. The molecular weight excluding hydrogens is 627 g/mol. The first-order valence-corrected chi connectivity index (χ1v) is 14.9. The van der Waals surface area contributed by atoms with Gasteiger partial charge in [-0.1, -0.05) is 47.5 Å². The molecule has 46 heavy (non-hydrogen) atoms. The first-order chi connectivity index (χ1) is 22.2. The molecule has 0 fully saturated rings. The maximum absolute atomic E-state index is 13.0. The fourth-order valence-electron chi connectivity index (χ4n) is 4.72. The molecule has 12 heteroatoms. The highest BCUT2D eigenvalue weighted by molar-refractivity contribution is 6.38. The van der Waals surface area contributed by atoms with E-state index in [9.17, 15) is 14.4 Å². The molecule has 0 aliphatic rings. The maximum Gasteiger partial charge on any atom is 0.251 e. The second kappa shape index (κ2) is 14.3. The van der Waals surface area contributed by atoms with E-state index in [1.165, 1.54) is 11.0 Å². The number of rotatable bonds is 10. The molecular formula is C34H30Cl2N6O4. The smallest absolute Gasteiger partial charge is 0.251 e. The molecule has 0 bridgehead atoms. The summed E-state index contributed by atoms with van der Waals surface area (Å²) in [5.41, 5.74) is 4.54. The minimum Gasteiger partial charge on any atom is -0.487 e. The Morgan fingerprint density at radius 3 is 2.57 bits per heavy atom. The number of imidazole rings is 1. The number of pyridine rings is 1. The summed E-state index contributed by atoms with van der Waals surface area (Å²) in [5.74, 6) is -0.506. The molecule has 5 rings (SSSR count). The van der Waals surface area contributed by atoms with Gasteiger partial charge in [0.2, 0.25) is 11.8 Å². The van der Waals surface area contributed by atoms with E-state index in [2.05, 4.69) is 15.6 Å². The number of aryl methyl sites for hydroxylation is 1. The van der Waals surface area contributed by atoms with Crippen LogP contribution in [0.1, 0.15) is 27.2 Å². The van der Waals surface area contributed by atoms with Crippen LogP contribution in [-0.2, 0) is 16.2 Å². The minimum absolute atomic E-state index is 0.0221. The van der Waals surface area contributed by atoms with E-state index < -0.39 is 11.8 Å². The first kappa shape index (κ1) is 32.2. The average molecular weight is 658 g/mol. The van der Waals surface area contributed by atoms with Crippen LogP contribution < -0.4 is 20.3 Å². The lowest BCUT2D eigenvalue weighted by molar-refractivity contribution is -0.122. The van der Waals surface area contributed by atoms with E-state index in [1.807, 2.05) is 42.0 Å². The highest BCUT2D eigenvalue weighted by atomic mass is 35.5. The van der Waals surface area contributed by atoms with Crippen LogP contribution >= 0.6 is 23.2 Å². The van der Waals surface area contributed by atoms with Crippen molar-refractivity contribution in [1.82, 2.24) is 25.2 Å². The van der Waals surface area contributed by atoms with Gasteiger partial charge in [-0.25, -0.2) is 9.97 Å². The van der Waals surface area contributed by atoms with Crippen molar-refractivity contribution in [3.05, 3.63) is 118 Å². The number of aromatic nitrogens is 3. The summed E-state index contributed by atoms with van der Waals surface area (Å²) in [6.45, 7) is 1.67. The third-order valence-corrected chi connectivity index (χ3v) is 7.98. The molecule has 234 valence electrons. The zero-order chi connectivity index (χ0) is 32.8. The second-order valence-electron chi connectivity index (χ2n) is 10.3. The van der Waals surface area contributed by atoms with Gasteiger partial charge in [-0.05, 0) is 55.0 Å². The van der Waals surface area contributed by atoms with Crippen LogP contribution in [-0.4, -0.2) is 52.9 Å². The number of carbonyl (C=O) groups is 3. The van der Waals surface area contributed by atoms with Gasteiger partial charge < -0.3 is 24.8 Å². The van der Waals surface area contributed by atoms with E-state index in [0.717, 1.165) is 22.3 Å². The molecule has 0 saturated carbocycles. The summed E-state index contributed by atoms with van der Waals surface area (Å²) in [6.07, 6.45) is 8.20. The Bertz CT molecular complexity index is 1940. The predicted octanol–water partition coefficient (Wildman–Crippen LogP) is 5.77. The van der Waals surface area contributed by atoms with Crippen molar-refractivity contribution in [2.24, 2.45) is 0 Å². The van der Waals surface area contributed by atoms with E-state index in [4.69, 9.17) is 32.9 Å². The lowest BCUT2D eigenvalue weighted by Gasteiger charge is -2.21. The Morgan fingerprint density at radius 1 is 1.07 bits per heavy atom. The highest BCUT2D eigenvalue weighted by Crippen LogP contribution is 2.36. The second-order valence-corrected chi connectivity index (χ2v) is 11.0. The Labute approximate surface area is 275 Å². The molecule has 5 aromatic rings. The van der Waals surface area contributed by atoms with Crippen LogP contribution in [0.25, 0.3) is 22.7 Å². The van der Waals surface area contributed by atoms with Gasteiger partial charge in [-0.3, -0.25) is 14.4 Å². The normalized spacial score (nSPS) is 11.1. The summed E-state index contributed by atoms with van der Waals surface area (Å²) in [7, 11) is 3.12. The Hall–Kier alpha value is -5.19. The molecule has 0 aliphatic carbocycles. The van der Waals surface area contributed by atoms with Gasteiger partial charge in [-0.15, -0.1) is 0 Å². The molecule has 3 aromatic carbocycles. The molecule has 0 aliphatic heterocycles. The predicted molar refractivity (Wildman–Crippen MR) is 180 cm³/mol. The van der Waals surface area contributed by atoms with Gasteiger partial charge >= 0.3 is 0 Å². The van der Waals surface area contributed by atoms with Crippen molar-refractivity contribution in [3.63, 3.8) is 0 Å². The average Bonchev–Trinajstić information content (AvgIpc) is 3.60. The van der Waals surface area contributed by atoms with Gasteiger partial charge in [0.25, 0.3) is 5.91 Å². The summed E-state index contributed by atoms with van der Waals surface area (Å²) >= 11 is 13.3. The first-order valence-electron chi connectivity index (χ1n) is 14.2. The Morgan fingerprint density at radius 2 is 1.85 bits per heavy atom. The van der Waals surface area contributed by atoms with Gasteiger partial charge in [-0.2, -0.15) is 0 Å². The molecule has 10 nitrogen and oxygen atoms in total. The van der Waals surface area contributed by atoms with Crippen molar-refractivity contribution in [1.29, 1.82) is 0 Å². The number of likely N-dealkylation sites (N-methyl/N-ethyl adjacent to an activating group) is 1. The number of nitrogens with one attached hydrogen (secondary N) is 2. The molecule has 0 atom stereocenters. The number of halogens is 2. The number of anilines is 1. The topological polar surface area (TPSA) is 118 Å². The van der Waals surface area contributed by atoms with E-state index in [0.29, 0.717) is 33.1 Å². The third-order valence-electron chi connectivity index (χ3n) is 7.21. The zero-order valence-electron chi connectivity index (χ0n) is 25.3. The molecule has 3 amide bonds. The summed E-state index contributed by atoms with van der Waals surface area (Å²) < 4.78 is 8.13.